The first-order valence-electron chi connectivity index (χ1n) is 19.2. The predicted octanol–water partition coefficient (Wildman–Crippen LogP) is 5.02. The summed E-state index contributed by atoms with van der Waals surface area (Å²) in [5, 5.41) is 33.2. The van der Waals surface area contributed by atoms with Gasteiger partial charge in [-0.1, -0.05) is 34.6 Å². The van der Waals surface area contributed by atoms with E-state index in [1.165, 1.54) is 19.8 Å². The highest BCUT2D eigenvalue weighted by Crippen LogP contribution is 2.89. The summed E-state index contributed by atoms with van der Waals surface area (Å²) in [6, 6.07) is -0.566. The quantitative estimate of drug-likeness (QED) is 0.313. The van der Waals surface area contributed by atoms with E-state index in [1.807, 2.05) is 4.90 Å². The lowest BCUT2D eigenvalue weighted by molar-refractivity contribution is -0.251. The van der Waals surface area contributed by atoms with Crippen molar-refractivity contribution in [3.63, 3.8) is 0 Å². The minimum atomic E-state index is -1.27. The fourth-order valence-electron chi connectivity index (χ4n) is 14.0. The molecule has 0 amide bonds. The molecule has 7 rings (SSSR count). The number of hydrogen-bond donors (Lipinski definition) is 3. The van der Waals surface area contributed by atoms with E-state index in [9.17, 15) is 24.9 Å². The molecule has 7 aliphatic rings. The van der Waals surface area contributed by atoms with Gasteiger partial charge in [-0.25, -0.2) is 0 Å². The summed E-state index contributed by atoms with van der Waals surface area (Å²) in [5.41, 5.74) is -1.30. The number of carboxylic acid groups (broad SMARTS) is 1. The van der Waals surface area contributed by atoms with Crippen LogP contribution in [0.15, 0.2) is 0 Å². The summed E-state index contributed by atoms with van der Waals surface area (Å²) >= 11 is 0. The molecular weight excluding hydrogens is 626 g/mol. The van der Waals surface area contributed by atoms with E-state index < -0.39 is 48.2 Å². The Bertz CT molecular complexity index is 1330. The second-order valence-electron chi connectivity index (χ2n) is 19.2. The number of carboxylic acids is 1. The minimum Gasteiger partial charge on any atom is -0.480 e. The monoisotopic (exact) mass is 689 g/mol. The summed E-state index contributed by atoms with van der Waals surface area (Å²) in [4.78, 5) is 25.7. The minimum absolute atomic E-state index is 0.0407. The predicted molar refractivity (Wildman–Crippen MR) is 181 cm³/mol. The average Bonchev–Trinajstić information content (AvgIpc) is 3.65. The van der Waals surface area contributed by atoms with E-state index in [0.29, 0.717) is 38.0 Å². The number of nitrogens with zero attached hydrogens (tertiary/aromatic N) is 1. The highest BCUT2D eigenvalue weighted by molar-refractivity contribution is 5.72. The summed E-state index contributed by atoms with van der Waals surface area (Å²) in [5.74, 6) is 0.0786. The molecule has 0 aromatic rings. The molecule has 5 saturated carbocycles. The van der Waals surface area contributed by atoms with Crippen molar-refractivity contribution in [3.8, 4) is 0 Å². The molecule has 5 aliphatic carbocycles. The van der Waals surface area contributed by atoms with Gasteiger partial charge >= 0.3 is 11.9 Å². The van der Waals surface area contributed by atoms with Crippen LogP contribution in [0.1, 0.15) is 114 Å². The Morgan fingerprint density at radius 2 is 1.69 bits per heavy atom. The molecule has 2 saturated heterocycles. The van der Waals surface area contributed by atoms with Crippen molar-refractivity contribution in [3.05, 3.63) is 0 Å². The standard InChI is InChI=1S/C39H63NO9/c1-21-18-24(32(35(6,7)45)47-23(3)41)48-30-29(21)36(8)14-15-39-20-38(39)13-12-27(49-28-19-40(16-17-46-28)22(2)33(43)44)34(4,5)25(38)10-11-26(39)37(36,9)31(30)42/h21-22,24-32,42,45H,10-20H2,1-9H3,(H,43,44)/t21-,22+,24?,25?,26?,27+,28+,29+,30?,31+,32+,36-,37-,38-,39?/m1/s1. The van der Waals surface area contributed by atoms with Gasteiger partial charge in [0.2, 0.25) is 0 Å². The number of ether oxygens (including phenoxy) is 4. The molecule has 15 atom stereocenters. The smallest absolute Gasteiger partial charge is 0.320 e. The molecule has 0 aromatic carbocycles. The molecule has 3 N–H and O–H groups in total. The van der Waals surface area contributed by atoms with Gasteiger partial charge in [0.25, 0.3) is 0 Å². The highest BCUT2D eigenvalue weighted by Gasteiger charge is 2.84. The molecule has 5 unspecified atom stereocenters. The molecule has 2 spiro atoms. The number of aliphatic hydroxyl groups excluding tert-OH is 1. The molecule has 10 nitrogen and oxygen atoms in total. The Balaban J connectivity index is 1.12. The van der Waals surface area contributed by atoms with E-state index in [0.717, 1.165) is 32.1 Å². The number of fused-ring (bicyclic) bond motifs is 4. The van der Waals surface area contributed by atoms with Crippen LogP contribution in [0.25, 0.3) is 0 Å². The first-order valence-corrected chi connectivity index (χ1v) is 19.2. The summed E-state index contributed by atoms with van der Waals surface area (Å²) in [7, 11) is 0. The molecule has 278 valence electrons. The molecule has 10 heteroatoms. The fraction of sp³-hybridized carbons (Fsp3) is 0.949. The fourth-order valence-corrected chi connectivity index (χ4v) is 14.0. The molecule has 49 heavy (non-hydrogen) atoms. The van der Waals surface area contributed by atoms with Crippen molar-refractivity contribution in [2.45, 2.75) is 162 Å². The number of carbonyl (C=O) groups is 2. The lowest BCUT2D eigenvalue weighted by Gasteiger charge is -2.64. The van der Waals surface area contributed by atoms with Crippen molar-refractivity contribution in [2.24, 2.45) is 50.7 Å². The zero-order valence-corrected chi connectivity index (χ0v) is 31.4. The zero-order chi connectivity index (χ0) is 35.7. The first kappa shape index (κ1) is 36.1. The number of hydrogen-bond acceptors (Lipinski definition) is 9. The van der Waals surface area contributed by atoms with Gasteiger partial charge in [0.15, 0.2) is 12.4 Å². The third kappa shape index (κ3) is 4.99. The summed E-state index contributed by atoms with van der Waals surface area (Å²) < 4.78 is 25.3. The van der Waals surface area contributed by atoms with Crippen LogP contribution in [0.2, 0.25) is 0 Å². The van der Waals surface area contributed by atoms with E-state index in [-0.39, 0.29) is 51.1 Å². The van der Waals surface area contributed by atoms with Crippen LogP contribution in [0.5, 0.6) is 0 Å². The molecule has 2 heterocycles. The van der Waals surface area contributed by atoms with Crippen LogP contribution in [-0.4, -0.2) is 100 Å². The first-order chi connectivity index (χ1) is 22.7. The lowest BCUT2D eigenvalue weighted by atomic mass is 9.41. The third-order valence-corrected chi connectivity index (χ3v) is 16.4. The van der Waals surface area contributed by atoms with Gasteiger partial charge in [0.1, 0.15) is 6.04 Å². The van der Waals surface area contributed by atoms with Crippen LogP contribution in [0.4, 0.5) is 0 Å². The normalized spacial score (nSPS) is 50.1. The lowest BCUT2D eigenvalue weighted by Crippen LogP contribution is -2.60. The van der Waals surface area contributed by atoms with Crippen molar-refractivity contribution in [1.82, 2.24) is 4.90 Å². The summed E-state index contributed by atoms with van der Waals surface area (Å²) in [6.45, 7) is 19.8. The third-order valence-electron chi connectivity index (χ3n) is 16.4. The molecule has 2 aliphatic heterocycles. The number of rotatable bonds is 7. The summed E-state index contributed by atoms with van der Waals surface area (Å²) in [6.07, 6.45) is 5.72. The van der Waals surface area contributed by atoms with Gasteiger partial charge in [0, 0.05) is 18.9 Å². The Morgan fingerprint density at radius 1 is 1.02 bits per heavy atom. The van der Waals surface area contributed by atoms with Crippen LogP contribution >= 0.6 is 0 Å². The van der Waals surface area contributed by atoms with E-state index in [4.69, 9.17) is 18.9 Å². The molecule has 0 aromatic heterocycles. The van der Waals surface area contributed by atoms with Crippen molar-refractivity contribution in [2.75, 3.05) is 19.7 Å². The van der Waals surface area contributed by atoms with Gasteiger partial charge in [0.05, 0.1) is 43.2 Å². The van der Waals surface area contributed by atoms with Crippen LogP contribution < -0.4 is 0 Å². The highest BCUT2D eigenvalue weighted by atomic mass is 16.7. The van der Waals surface area contributed by atoms with Gasteiger partial charge in [-0.3, -0.25) is 14.5 Å². The van der Waals surface area contributed by atoms with Gasteiger partial charge in [-0.05, 0) is 117 Å². The zero-order valence-electron chi connectivity index (χ0n) is 31.4. The second kappa shape index (κ2) is 11.6. The second-order valence-corrected chi connectivity index (χ2v) is 19.2. The van der Waals surface area contributed by atoms with Gasteiger partial charge in [-0.2, -0.15) is 0 Å². The van der Waals surface area contributed by atoms with Gasteiger partial charge in [-0.15, -0.1) is 0 Å². The maximum Gasteiger partial charge on any atom is 0.320 e. The van der Waals surface area contributed by atoms with E-state index in [1.54, 1.807) is 20.8 Å². The van der Waals surface area contributed by atoms with Crippen molar-refractivity contribution >= 4 is 11.9 Å². The maximum absolute atomic E-state index is 12.6. The number of aliphatic hydroxyl groups is 2. The van der Waals surface area contributed by atoms with E-state index >= 15 is 0 Å². The molecule has 0 bridgehead atoms. The van der Waals surface area contributed by atoms with Crippen molar-refractivity contribution in [1.29, 1.82) is 0 Å². The van der Waals surface area contributed by atoms with Crippen LogP contribution in [0, 0.1) is 50.7 Å². The Morgan fingerprint density at radius 3 is 2.35 bits per heavy atom. The molecular formula is C39H63NO9. The number of morpholine rings is 1. The van der Waals surface area contributed by atoms with Crippen LogP contribution in [-0.2, 0) is 28.5 Å². The van der Waals surface area contributed by atoms with E-state index in [2.05, 4.69) is 34.6 Å². The topological polar surface area (TPSA) is 135 Å². The van der Waals surface area contributed by atoms with Gasteiger partial charge < -0.3 is 34.3 Å². The number of carbonyl (C=O) groups excluding carboxylic acids is 1. The SMILES string of the molecule is CC(=O)O[C@@H](C1C[C@@H](C)[C@H]2C(O1)[C@H](O)[C@@]1(C)C3CCC4C(C)(C)[C@@H](O[C@H]5CN([C@@H](C)C(=O)O)CCO5)CC[C@@]45CC35CC[C@]21C)C(C)(C)O. The average molecular weight is 690 g/mol. The molecule has 7 fully saturated rings. The number of esters is 1. The maximum atomic E-state index is 12.6. The van der Waals surface area contributed by atoms with Crippen LogP contribution in [0.3, 0.4) is 0 Å². The number of aliphatic carboxylic acids is 1. The largest absolute Gasteiger partial charge is 0.480 e. The van der Waals surface area contributed by atoms with Crippen molar-refractivity contribution < 1.29 is 43.9 Å². The Labute approximate surface area is 292 Å². The Hall–Kier alpha value is -1.30. The Kier molecular flexibility index (Phi) is 8.54. The molecule has 0 radical (unpaired) electrons.